The molecule has 0 aromatic heterocycles. The number of nitrogens with zero attached hydrogens (tertiary/aromatic N) is 1. The number of fused-ring (bicyclic) bond motifs is 1. The molecule has 0 unspecified atom stereocenters. The third-order valence-corrected chi connectivity index (χ3v) is 3.99. The molecule has 0 bridgehead atoms. The van der Waals surface area contributed by atoms with E-state index in [0.29, 0.717) is 35.0 Å². The normalized spacial score (nSPS) is 11.8. The third kappa shape index (κ3) is 6.46. The lowest BCUT2D eigenvalue weighted by Crippen LogP contribution is -2.34. The number of esters is 1. The van der Waals surface area contributed by atoms with Gasteiger partial charge in [-0.3, -0.25) is 9.59 Å². The molecule has 1 heterocycles. The van der Waals surface area contributed by atoms with Gasteiger partial charge in [-0.05, 0) is 55.0 Å². The van der Waals surface area contributed by atoms with E-state index in [-0.39, 0.29) is 19.9 Å². The quantitative estimate of drug-likeness (QED) is 0.350. The van der Waals surface area contributed by atoms with Gasteiger partial charge in [-0.25, -0.2) is 10.2 Å². The van der Waals surface area contributed by atoms with Crippen molar-refractivity contribution >= 4 is 24.0 Å². The van der Waals surface area contributed by atoms with E-state index in [1.54, 1.807) is 49.4 Å². The molecule has 10 heteroatoms. The number of benzene rings is 2. The van der Waals surface area contributed by atoms with Crippen LogP contribution < -0.4 is 25.0 Å². The Bertz CT molecular complexity index is 973. The molecule has 31 heavy (non-hydrogen) atoms. The highest BCUT2D eigenvalue weighted by Gasteiger charge is 2.16. The van der Waals surface area contributed by atoms with Gasteiger partial charge in [0, 0.05) is 5.56 Å². The Balaban J connectivity index is 1.40. The van der Waals surface area contributed by atoms with Gasteiger partial charge in [-0.2, -0.15) is 5.10 Å². The van der Waals surface area contributed by atoms with Gasteiger partial charge in [0.25, 0.3) is 11.8 Å². The van der Waals surface area contributed by atoms with E-state index in [1.807, 2.05) is 0 Å². The fraction of sp³-hybridized carbons (Fsp3) is 0.238. The van der Waals surface area contributed by atoms with Gasteiger partial charge < -0.3 is 24.3 Å². The molecule has 0 radical (unpaired) electrons. The summed E-state index contributed by atoms with van der Waals surface area (Å²) in [7, 11) is 0. The van der Waals surface area contributed by atoms with E-state index >= 15 is 0 Å². The molecule has 0 saturated heterocycles. The van der Waals surface area contributed by atoms with Crippen molar-refractivity contribution in [1.82, 2.24) is 10.7 Å². The Morgan fingerprint density at radius 1 is 1.10 bits per heavy atom. The smallest absolute Gasteiger partial charge is 0.344 e. The maximum Gasteiger partial charge on any atom is 0.344 e. The fourth-order valence-electron chi connectivity index (χ4n) is 2.51. The Labute approximate surface area is 178 Å². The second kappa shape index (κ2) is 10.6. The van der Waals surface area contributed by atoms with Crippen LogP contribution in [0.1, 0.15) is 22.8 Å². The van der Waals surface area contributed by atoms with Crippen LogP contribution in [0.2, 0.25) is 0 Å². The van der Waals surface area contributed by atoms with Crippen LogP contribution in [0.3, 0.4) is 0 Å². The van der Waals surface area contributed by atoms with E-state index in [4.69, 9.17) is 18.9 Å². The fourth-order valence-corrected chi connectivity index (χ4v) is 2.51. The number of nitrogens with one attached hydrogen (secondary N) is 2. The van der Waals surface area contributed by atoms with Crippen molar-refractivity contribution in [1.29, 1.82) is 0 Å². The molecule has 2 aromatic rings. The molecule has 0 aliphatic carbocycles. The van der Waals surface area contributed by atoms with Gasteiger partial charge in [0.2, 0.25) is 6.79 Å². The van der Waals surface area contributed by atoms with Gasteiger partial charge in [-0.15, -0.1) is 0 Å². The van der Waals surface area contributed by atoms with Gasteiger partial charge in [0.15, 0.2) is 18.1 Å². The summed E-state index contributed by atoms with van der Waals surface area (Å²) in [5.41, 5.74) is 3.38. The molecule has 3 rings (SSSR count). The molecule has 0 spiro atoms. The summed E-state index contributed by atoms with van der Waals surface area (Å²) in [6.45, 7) is 1.72. The number of ether oxygens (including phenoxy) is 4. The average Bonchev–Trinajstić information content (AvgIpc) is 3.25. The Morgan fingerprint density at radius 3 is 2.65 bits per heavy atom. The predicted molar refractivity (Wildman–Crippen MR) is 109 cm³/mol. The van der Waals surface area contributed by atoms with E-state index < -0.39 is 17.8 Å². The van der Waals surface area contributed by atoms with Crippen LogP contribution in [0.25, 0.3) is 0 Å². The Hall–Kier alpha value is -4.08. The molecule has 1 aliphatic rings. The first kappa shape index (κ1) is 21.6. The van der Waals surface area contributed by atoms with Crippen molar-refractivity contribution in [2.45, 2.75) is 6.92 Å². The van der Waals surface area contributed by atoms with Crippen LogP contribution in [0.4, 0.5) is 0 Å². The van der Waals surface area contributed by atoms with Crippen molar-refractivity contribution < 1.29 is 33.3 Å². The van der Waals surface area contributed by atoms with Crippen LogP contribution in [-0.4, -0.2) is 50.5 Å². The summed E-state index contributed by atoms with van der Waals surface area (Å²) in [5.74, 6) is 0.207. The standard InChI is InChI=1S/C21H21N3O7/c1-2-28-20(26)12-29-16-6-3-14(4-7-16)10-23-24-19(25)11-22-21(27)15-5-8-17-18(9-15)31-13-30-17/h3-10H,2,11-13H2,1H3,(H,22,27)(H,24,25)/b23-10-. The molecule has 0 fully saturated rings. The van der Waals surface area contributed by atoms with E-state index in [1.165, 1.54) is 6.21 Å². The lowest BCUT2D eigenvalue weighted by Gasteiger charge is -2.06. The van der Waals surface area contributed by atoms with Gasteiger partial charge in [0.1, 0.15) is 5.75 Å². The monoisotopic (exact) mass is 427 g/mol. The number of hydrogen-bond acceptors (Lipinski definition) is 8. The molecule has 0 atom stereocenters. The van der Waals surface area contributed by atoms with Crippen LogP contribution in [-0.2, 0) is 14.3 Å². The highest BCUT2D eigenvalue weighted by molar-refractivity contribution is 5.97. The zero-order valence-electron chi connectivity index (χ0n) is 16.8. The van der Waals surface area contributed by atoms with Crippen molar-refractivity contribution in [2.24, 2.45) is 5.10 Å². The number of carbonyl (C=O) groups excluding carboxylic acids is 3. The van der Waals surface area contributed by atoms with Crippen LogP contribution in [0, 0.1) is 0 Å². The molecule has 10 nitrogen and oxygen atoms in total. The SMILES string of the molecule is CCOC(=O)COc1ccc(/C=N\NC(=O)CNC(=O)c2ccc3c(c2)OCO3)cc1. The lowest BCUT2D eigenvalue weighted by atomic mass is 10.2. The molecule has 1 aliphatic heterocycles. The minimum absolute atomic E-state index is 0.115. The maximum absolute atomic E-state index is 12.1. The van der Waals surface area contributed by atoms with Crippen molar-refractivity contribution in [2.75, 3.05) is 26.6 Å². The van der Waals surface area contributed by atoms with Gasteiger partial charge in [0.05, 0.1) is 19.4 Å². The van der Waals surface area contributed by atoms with E-state index in [9.17, 15) is 14.4 Å². The highest BCUT2D eigenvalue weighted by Crippen LogP contribution is 2.32. The molecule has 2 amide bonds. The first-order chi connectivity index (χ1) is 15.0. The number of carbonyl (C=O) groups is 3. The van der Waals surface area contributed by atoms with Crippen LogP contribution >= 0.6 is 0 Å². The van der Waals surface area contributed by atoms with Gasteiger partial charge in [-0.1, -0.05) is 0 Å². The highest BCUT2D eigenvalue weighted by atomic mass is 16.7. The molecular formula is C21H21N3O7. The zero-order chi connectivity index (χ0) is 22.1. The topological polar surface area (TPSA) is 125 Å². The van der Waals surface area contributed by atoms with E-state index in [0.717, 1.165) is 0 Å². The lowest BCUT2D eigenvalue weighted by molar-refractivity contribution is -0.145. The third-order valence-electron chi connectivity index (χ3n) is 3.99. The first-order valence-corrected chi connectivity index (χ1v) is 9.43. The molecule has 2 N–H and O–H groups in total. The van der Waals surface area contributed by atoms with E-state index in [2.05, 4.69) is 15.8 Å². The number of amides is 2. The van der Waals surface area contributed by atoms with Crippen LogP contribution in [0.5, 0.6) is 17.2 Å². The Kier molecular flexibility index (Phi) is 7.41. The molecule has 2 aromatic carbocycles. The van der Waals surface area contributed by atoms with Crippen molar-refractivity contribution in [3.63, 3.8) is 0 Å². The summed E-state index contributed by atoms with van der Waals surface area (Å²) in [6, 6.07) is 11.5. The van der Waals surface area contributed by atoms with Gasteiger partial charge >= 0.3 is 5.97 Å². The molecule has 162 valence electrons. The minimum atomic E-state index is -0.486. The summed E-state index contributed by atoms with van der Waals surface area (Å²) < 4.78 is 20.5. The summed E-state index contributed by atoms with van der Waals surface area (Å²) >= 11 is 0. The minimum Gasteiger partial charge on any atom is -0.482 e. The number of hydrazone groups is 1. The Morgan fingerprint density at radius 2 is 1.87 bits per heavy atom. The maximum atomic E-state index is 12.1. The van der Waals surface area contributed by atoms with Crippen molar-refractivity contribution in [3.05, 3.63) is 53.6 Å². The second-order valence-electron chi connectivity index (χ2n) is 6.21. The molecular weight excluding hydrogens is 406 g/mol. The molecule has 0 saturated carbocycles. The largest absolute Gasteiger partial charge is 0.482 e. The van der Waals surface area contributed by atoms with Crippen molar-refractivity contribution in [3.8, 4) is 17.2 Å². The summed E-state index contributed by atoms with van der Waals surface area (Å²) in [6.07, 6.45) is 1.44. The second-order valence-corrected chi connectivity index (χ2v) is 6.21. The zero-order valence-corrected chi connectivity index (χ0v) is 16.8. The summed E-state index contributed by atoms with van der Waals surface area (Å²) in [5, 5.41) is 6.34. The predicted octanol–water partition coefficient (Wildman–Crippen LogP) is 1.24. The first-order valence-electron chi connectivity index (χ1n) is 9.43. The summed E-state index contributed by atoms with van der Waals surface area (Å²) in [4.78, 5) is 35.3. The number of hydrogen-bond donors (Lipinski definition) is 2. The average molecular weight is 427 g/mol. The number of rotatable bonds is 9. The van der Waals surface area contributed by atoms with Crippen LogP contribution in [0.15, 0.2) is 47.6 Å².